The van der Waals surface area contributed by atoms with Crippen LogP contribution in [0.2, 0.25) is 0 Å². The number of ether oxygens (including phenoxy) is 5. The zero-order valence-electron chi connectivity index (χ0n) is 14.9. The van der Waals surface area contributed by atoms with Gasteiger partial charge in [0.15, 0.2) is 12.6 Å². The molecule has 136 valence electrons. The number of benzene rings is 1. The normalized spacial score (nSPS) is 36.3. The summed E-state index contributed by atoms with van der Waals surface area (Å²) in [6.45, 7) is 5.46. The van der Waals surface area contributed by atoms with Gasteiger partial charge in [-0.1, -0.05) is 11.6 Å². The summed E-state index contributed by atoms with van der Waals surface area (Å²) in [5.41, 5.74) is 3.47. The smallest absolute Gasteiger partial charge is 0.190 e. The van der Waals surface area contributed by atoms with E-state index < -0.39 is 6.29 Å². The van der Waals surface area contributed by atoms with Crippen molar-refractivity contribution in [2.45, 2.75) is 76.3 Å². The van der Waals surface area contributed by atoms with Gasteiger partial charge in [0.1, 0.15) is 11.9 Å². The summed E-state index contributed by atoms with van der Waals surface area (Å²) in [5, 5.41) is 0. The van der Waals surface area contributed by atoms with Crippen LogP contribution in [0.25, 0.3) is 0 Å². The molecule has 3 aliphatic heterocycles. The van der Waals surface area contributed by atoms with E-state index in [1.165, 1.54) is 11.1 Å². The van der Waals surface area contributed by atoms with Crippen LogP contribution >= 0.6 is 0 Å². The average Bonchev–Trinajstić information content (AvgIpc) is 3.12. The van der Waals surface area contributed by atoms with E-state index >= 15 is 0 Å². The molecule has 1 aromatic rings. The molecular weight excluding hydrogens is 320 g/mol. The second-order valence-electron chi connectivity index (χ2n) is 7.55. The van der Waals surface area contributed by atoms with E-state index in [-0.39, 0.29) is 12.4 Å². The Bertz CT molecular complexity index is 654. The lowest BCUT2D eigenvalue weighted by molar-refractivity contribution is -0.258. The largest absolute Gasteiger partial charge is 0.489 e. The van der Waals surface area contributed by atoms with Gasteiger partial charge in [0, 0.05) is 25.2 Å². The summed E-state index contributed by atoms with van der Waals surface area (Å²) >= 11 is 0. The number of fused-ring (bicyclic) bond motifs is 5. The SMILES string of the molecule is CCOC(OC1CCCCO1)c1cc(C)cc2c1OC1C[C@H]3O[C@H]3C21. The van der Waals surface area contributed by atoms with Gasteiger partial charge in [-0.15, -0.1) is 0 Å². The number of hydrogen-bond donors (Lipinski definition) is 0. The number of epoxide rings is 1. The number of hydrogen-bond acceptors (Lipinski definition) is 5. The molecule has 4 aliphatic rings. The van der Waals surface area contributed by atoms with E-state index in [1.807, 2.05) is 6.92 Å². The molecule has 0 amide bonds. The second-order valence-corrected chi connectivity index (χ2v) is 7.55. The van der Waals surface area contributed by atoms with Crippen molar-refractivity contribution in [2.75, 3.05) is 13.2 Å². The van der Waals surface area contributed by atoms with Gasteiger partial charge in [0.25, 0.3) is 0 Å². The summed E-state index contributed by atoms with van der Waals surface area (Å²) in [6, 6.07) is 4.38. The molecule has 0 radical (unpaired) electrons. The van der Waals surface area contributed by atoms with Crippen LogP contribution < -0.4 is 4.74 Å². The Kier molecular flexibility index (Phi) is 4.01. The minimum atomic E-state index is -0.448. The van der Waals surface area contributed by atoms with Crippen LogP contribution in [0.4, 0.5) is 0 Å². The molecular formula is C20H26O5. The van der Waals surface area contributed by atoms with Gasteiger partial charge in [-0.2, -0.15) is 0 Å². The molecule has 0 bridgehead atoms. The first kappa shape index (κ1) is 16.1. The van der Waals surface area contributed by atoms with Crippen molar-refractivity contribution in [3.8, 4) is 5.75 Å². The van der Waals surface area contributed by atoms with Gasteiger partial charge in [0.2, 0.25) is 0 Å². The highest BCUT2D eigenvalue weighted by atomic mass is 16.8. The highest BCUT2D eigenvalue weighted by Crippen LogP contribution is 2.57. The maximum absolute atomic E-state index is 6.35. The predicted molar refractivity (Wildman–Crippen MR) is 90.7 cm³/mol. The van der Waals surface area contributed by atoms with Crippen molar-refractivity contribution >= 4 is 0 Å². The minimum absolute atomic E-state index is 0.196. The third-order valence-corrected chi connectivity index (χ3v) is 5.75. The Morgan fingerprint density at radius 3 is 2.96 bits per heavy atom. The molecule has 5 rings (SSSR count). The fourth-order valence-electron chi connectivity index (χ4n) is 4.60. The summed E-state index contributed by atoms with van der Waals surface area (Å²) in [4.78, 5) is 0. The van der Waals surface area contributed by atoms with E-state index in [4.69, 9.17) is 23.7 Å². The molecule has 25 heavy (non-hydrogen) atoms. The van der Waals surface area contributed by atoms with Crippen molar-refractivity contribution in [1.82, 2.24) is 0 Å². The molecule has 5 nitrogen and oxygen atoms in total. The van der Waals surface area contributed by atoms with Crippen LogP contribution in [-0.2, 0) is 18.9 Å². The Morgan fingerprint density at radius 2 is 2.16 bits per heavy atom. The van der Waals surface area contributed by atoms with Gasteiger partial charge in [-0.3, -0.25) is 0 Å². The van der Waals surface area contributed by atoms with Gasteiger partial charge >= 0.3 is 0 Å². The van der Waals surface area contributed by atoms with E-state index in [2.05, 4.69) is 19.1 Å². The molecule has 0 N–H and O–H groups in total. The third kappa shape index (κ3) is 2.78. The standard InChI is InChI=1S/C20H26O5/c1-3-21-20(25-16-6-4-5-7-22-16)13-9-11(2)8-12-17-14(23-18(12)13)10-15-19(17)24-15/h8-9,14-17,19-20H,3-7,10H2,1-2H3/t14?,15-,16?,17?,19-,20?/m1/s1. The molecule has 0 aromatic heterocycles. The van der Waals surface area contributed by atoms with Gasteiger partial charge in [-0.25, -0.2) is 0 Å². The van der Waals surface area contributed by atoms with Crippen molar-refractivity contribution < 1.29 is 23.7 Å². The van der Waals surface area contributed by atoms with Crippen LogP contribution in [0.15, 0.2) is 12.1 Å². The first-order chi connectivity index (χ1) is 12.2. The van der Waals surface area contributed by atoms with Crippen LogP contribution in [0, 0.1) is 6.92 Å². The Labute approximate surface area is 148 Å². The first-order valence-electron chi connectivity index (χ1n) is 9.60. The molecule has 3 fully saturated rings. The van der Waals surface area contributed by atoms with Gasteiger partial charge < -0.3 is 23.7 Å². The van der Waals surface area contributed by atoms with Crippen molar-refractivity contribution in [1.29, 1.82) is 0 Å². The Hall–Kier alpha value is -1.14. The molecule has 6 atom stereocenters. The molecule has 1 saturated carbocycles. The topological polar surface area (TPSA) is 49.5 Å². The molecule has 1 aliphatic carbocycles. The molecule has 0 spiro atoms. The van der Waals surface area contributed by atoms with E-state index in [0.29, 0.717) is 24.7 Å². The second kappa shape index (κ2) is 6.23. The van der Waals surface area contributed by atoms with Crippen molar-refractivity contribution in [3.05, 3.63) is 28.8 Å². The fraction of sp³-hybridized carbons (Fsp3) is 0.700. The summed E-state index contributed by atoms with van der Waals surface area (Å²) in [5.74, 6) is 1.32. The lowest BCUT2D eigenvalue weighted by atomic mass is 9.93. The Balaban J connectivity index is 1.46. The van der Waals surface area contributed by atoms with Crippen LogP contribution in [0.5, 0.6) is 5.75 Å². The Morgan fingerprint density at radius 1 is 1.24 bits per heavy atom. The monoisotopic (exact) mass is 346 g/mol. The maximum Gasteiger partial charge on any atom is 0.190 e. The minimum Gasteiger partial charge on any atom is -0.489 e. The molecule has 4 unspecified atom stereocenters. The van der Waals surface area contributed by atoms with Crippen LogP contribution in [0.1, 0.15) is 61.5 Å². The molecule has 2 saturated heterocycles. The molecule has 3 heterocycles. The average molecular weight is 346 g/mol. The summed E-state index contributed by atoms with van der Waals surface area (Å²) < 4.78 is 30.0. The quantitative estimate of drug-likeness (QED) is 0.602. The summed E-state index contributed by atoms with van der Waals surface area (Å²) in [6.07, 6.45) is 4.50. The molecule has 5 heteroatoms. The summed E-state index contributed by atoms with van der Waals surface area (Å²) in [7, 11) is 0. The van der Waals surface area contributed by atoms with Crippen molar-refractivity contribution in [2.24, 2.45) is 0 Å². The third-order valence-electron chi connectivity index (χ3n) is 5.75. The van der Waals surface area contributed by atoms with Gasteiger partial charge in [0.05, 0.1) is 23.7 Å². The van der Waals surface area contributed by atoms with Crippen molar-refractivity contribution in [3.63, 3.8) is 0 Å². The van der Waals surface area contributed by atoms with E-state index in [0.717, 1.165) is 43.6 Å². The highest BCUT2D eigenvalue weighted by molar-refractivity contribution is 5.52. The van der Waals surface area contributed by atoms with Crippen LogP contribution in [-0.4, -0.2) is 37.8 Å². The zero-order chi connectivity index (χ0) is 17.0. The van der Waals surface area contributed by atoms with E-state index in [9.17, 15) is 0 Å². The van der Waals surface area contributed by atoms with Crippen LogP contribution in [0.3, 0.4) is 0 Å². The maximum atomic E-state index is 6.35. The van der Waals surface area contributed by atoms with Gasteiger partial charge in [-0.05, 0) is 39.2 Å². The number of rotatable bonds is 5. The number of aryl methyl sites for hydroxylation is 1. The first-order valence-corrected chi connectivity index (χ1v) is 9.60. The lowest BCUT2D eigenvalue weighted by Crippen LogP contribution is -2.26. The molecule has 1 aromatic carbocycles. The lowest BCUT2D eigenvalue weighted by Gasteiger charge is -2.28. The zero-order valence-corrected chi connectivity index (χ0v) is 14.9. The van der Waals surface area contributed by atoms with E-state index in [1.54, 1.807) is 0 Å². The predicted octanol–water partition coefficient (Wildman–Crippen LogP) is 3.59. The fourth-order valence-corrected chi connectivity index (χ4v) is 4.60. The highest BCUT2D eigenvalue weighted by Gasteiger charge is 2.60.